The van der Waals surface area contributed by atoms with Gasteiger partial charge in [-0.2, -0.15) is 9.49 Å². The number of aromatic nitrogens is 2. The highest BCUT2D eigenvalue weighted by molar-refractivity contribution is 5.97. The molecule has 0 unspecified atom stereocenters. The van der Waals surface area contributed by atoms with Crippen molar-refractivity contribution in [2.45, 2.75) is 13.3 Å². The standard InChI is InChI=1S/C21H19F3N4O2/c1-12-16(21(24)28(2)27-12)10-19(29)26-20-17(8-15(22)9-18(20)23)14-6-4-13(5-7-14)11-25-30-3/h4-9,11H,10H2,1-3H3,(H,26,29). The molecule has 0 atom stereocenters. The highest BCUT2D eigenvalue weighted by Crippen LogP contribution is 2.32. The molecule has 0 saturated carbocycles. The van der Waals surface area contributed by atoms with E-state index < -0.39 is 23.5 Å². The predicted molar refractivity (Wildman–Crippen MR) is 107 cm³/mol. The predicted octanol–water partition coefficient (Wildman–Crippen LogP) is 3.97. The number of carbonyl (C=O) groups is 1. The molecule has 30 heavy (non-hydrogen) atoms. The second kappa shape index (κ2) is 8.81. The summed E-state index contributed by atoms with van der Waals surface area (Å²) in [6.07, 6.45) is 1.14. The van der Waals surface area contributed by atoms with Gasteiger partial charge >= 0.3 is 0 Å². The number of nitrogens with zero attached hydrogens (tertiary/aromatic N) is 3. The van der Waals surface area contributed by atoms with Gasteiger partial charge in [0.05, 0.1) is 24.0 Å². The van der Waals surface area contributed by atoms with Gasteiger partial charge in [-0.1, -0.05) is 29.4 Å². The van der Waals surface area contributed by atoms with Crippen LogP contribution in [-0.4, -0.2) is 29.0 Å². The van der Waals surface area contributed by atoms with Gasteiger partial charge < -0.3 is 10.2 Å². The van der Waals surface area contributed by atoms with Crippen molar-refractivity contribution in [2.24, 2.45) is 12.2 Å². The monoisotopic (exact) mass is 416 g/mol. The molecule has 0 bridgehead atoms. The largest absolute Gasteiger partial charge is 0.399 e. The van der Waals surface area contributed by atoms with Gasteiger partial charge in [-0.15, -0.1) is 0 Å². The molecule has 2 aromatic carbocycles. The zero-order valence-electron chi connectivity index (χ0n) is 16.5. The van der Waals surface area contributed by atoms with Crippen molar-refractivity contribution >= 4 is 17.8 Å². The third-order valence-electron chi connectivity index (χ3n) is 4.46. The number of halogens is 3. The Hall–Kier alpha value is -3.62. The Morgan fingerprint density at radius 3 is 2.53 bits per heavy atom. The van der Waals surface area contributed by atoms with Crippen molar-refractivity contribution in [3.8, 4) is 11.1 Å². The van der Waals surface area contributed by atoms with Gasteiger partial charge in [-0.3, -0.25) is 4.79 Å². The summed E-state index contributed by atoms with van der Waals surface area (Å²) in [5, 5.41) is 9.99. The molecule has 0 fully saturated rings. The number of oxime groups is 1. The van der Waals surface area contributed by atoms with Crippen LogP contribution in [0.25, 0.3) is 11.1 Å². The summed E-state index contributed by atoms with van der Waals surface area (Å²) in [6.45, 7) is 1.57. The van der Waals surface area contributed by atoms with E-state index in [1.807, 2.05) is 0 Å². The Morgan fingerprint density at radius 1 is 1.23 bits per heavy atom. The van der Waals surface area contributed by atoms with Crippen LogP contribution in [0.15, 0.2) is 41.6 Å². The summed E-state index contributed by atoms with van der Waals surface area (Å²) in [5.41, 5.74) is 1.62. The van der Waals surface area contributed by atoms with Gasteiger partial charge in [0, 0.05) is 24.2 Å². The van der Waals surface area contributed by atoms with Crippen LogP contribution >= 0.6 is 0 Å². The van der Waals surface area contributed by atoms with Gasteiger partial charge in [0.1, 0.15) is 18.7 Å². The lowest BCUT2D eigenvalue weighted by molar-refractivity contribution is -0.115. The lowest BCUT2D eigenvalue weighted by Crippen LogP contribution is -2.17. The molecule has 9 heteroatoms. The van der Waals surface area contributed by atoms with Crippen molar-refractivity contribution in [1.29, 1.82) is 0 Å². The first-order valence-corrected chi connectivity index (χ1v) is 8.94. The quantitative estimate of drug-likeness (QED) is 0.488. The maximum atomic E-state index is 14.5. The number of benzene rings is 2. The Bertz CT molecular complexity index is 1110. The van der Waals surface area contributed by atoms with Crippen LogP contribution in [0.3, 0.4) is 0 Å². The van der Waals surface area contributed by atoms with Crippen LogP contribution in [0.2, 0.25) is 0 Å². The molecule has 0 aliphatic heterocycles. The molecule has 6 nitrogen and oxygen atoms in total. The van der Waals surface area contributed by atoms with Crippen molar-refractivity contribution in [3.63, 3.8) is 0 Å². The fraction of sp³-hybridized carbons (Fsp3) is 0.190. The van der Waals surface area contributed by atoms with E-state index in [-0.39, 0.29) is 23.2 Å². The number of hydrogen-bond acceptors (Lipinski definition) is 4. The summed E-state index contributed by atoms with van der Waals surface area (Å²) < 4.78 is 43.5. The zero-order chi connectivity index (χ0) is 21.8. The molecule has 156 valence electrons. The van der Waals surface area contributed by atoms with Crippen molar-refractivity contribution in [2.75, 3.05) is 12.4 Å². The van der Waals surface area contributed by atoms with Crippen LogP contribution in [0.4, 0.5) is 18.9 Å². The topological polar surface area (TPSA) is 68.5 Å². The minimum absolute atomic E-state index is 0.112. The minimum atomic E-state index is -0.938. The molecule has 3 rings (SSSR count). The number of anilines is 1. The fourth-order valence-electron chi connectivity index (χ4n) is 3.01. The van der Waals surface area contributed by atoms with Crippen molar-refractivity contribution in [1.82, 2.24) is 9.78 Å². The highest BCUT2D eigenvalue weighted by atomic mass is 19.1. The molecular formula is C21H19F3N4O2. The summed E-state index contributed by atoms with van der Waals surface area (Å²) in [5.74, 6) is -3.03. The van der Waals surface area contributed by atoms with E-state index in [2.05, 4.69) is 20.4 Å². The van der Waals surface area contributed by atoms with Crippen LogP contribution in [-0.2, 0) is 23.1 Å². The molecule has 1 N–H and O–H groups in total. The number of hydrogen-bond donors (Lipinski definition) is 1. The summed E-state index contributed by atoms with van der Waals surface area (Å²) in [7, 11) is 2.83. The average molecular weight is 416 g/mol. The summed E-state index contributed by atoms with van der Waals surface area (Å²) in [6, 6.07) is 8.42. The van der Waals surface area contributed by atoms with Crippen LogP contribution in [0.5, 0.6) is 0 Å². The summed E-state index contributed by atoms with van der Waals surface area (Å²) >= 11 is 0. The smallest absolute Gasteiger partial charge is 0.229 e. The Morgan fingerprint density at radius 2 is 1.93 bits per heavy atom. The Kier molecular flexibility index (Phi) is 6.20. The van der Waals surface area contributed by atoms with E-state index in [9.17, 15) is 18.0 Å². The van der Waals surface area contributed by atoms with E-state index in [4.69, 9.17) is 0 Å². The maximum Gasteiger partial charge on any atom is 0.229 e. The van der Waals surface area contributed by atoms with Gasteiger partial charge in [0.15, 0.2) is 0 Å². The van der Waals surface area contributed by atoms with Crippen LogP contribution < -0.4 is 5.32 Å². The van der Waals surface area contributed by atoms with Gasteiger partial charge in [-0.05, 0) is 24.1 Å². The number of aryl methyl sites for hydroxylation is 2. The molecule has 0 radical (unpaired) electrons. The number of amides is 1. The number of rotatable bonds is 6. The lowest BCUT2D eigenvalue weighted by Gasteiger charge is -2.13. The first-order chi connectivity index (χ1) is 14.3. The Balaban J connectivity index is 1.91. The first-order valence-electron chi connectivity index (χ1n) is 8.94. The maximum absolute atomic E-state index is 14.5. The SMILES string of the molecule is CON=Cc1ccc(-c2cc(F)cc(F)c2NC(=O)Cc2c(C)nn(C)c2F)cc1. The number of nitrogens with one attached hydrogen (secondary N) is 1. The highest BCUT2D eigenvalue weighted by Gasteiger charge is 2.20. The third kappa shape index (κ3) is 4.51. The molecule has 0 aliphatic carbocycles. The van der Waals surface area contributed by atoms with Gasteiger partial charge in [-0.25, -0.2) is 13.5 Å². The molecule has 3 aromatic rings. The molecule has 0 aliphatic rings. The molecule has 1 heterocycles. The Labute approximate surface area is 171 Å². The average Bonchev–Trinajstić information content (AvgIpc) is 2.94. The third-order valence-corrected chi connectivity index (χ3v) is 4.46. The lowest BCUT2D eigenvalue weighted by atomic mass is 10.0. The van der Waals surface area contributed by atoms with Crippen molar-refractivity contribution in [3.05, 3.63) is 70.8 Å². The van der Waals surface area contributed by atoms with E-state index in [1.165, 1.54) is 20.4 Å². The van der Waals surface area contributed by atoms with E-state index in [1.54, 1.807) is 31.2 Å². The van der Waals surface area contributed by atoms with E-state index in [0.29, 0.717) is 22.9 Å². The van der Waals surface area contributed by atoms with Crippen molar-refractivity contribution < 1.29 is 22.8 Å². The molecule has 0 saturated heterocycles. The minimum Gasteiger partial charge on any atom is -0.399 e. The zero-order valence-corrected chi connectivity index (χ0v) is 16.5. The molecule has 1 amide bonds. The second-order valence-corrected chi connectivity index (χ2v) is 6.55. The normalized spacial score (nSPS) is 11.1. The fourth-order valence-corrected chi connectivity index (χ4v) is 3.01. The first kappa shape index (κ1) is 21.1. The second-order valence-electron chi connectivity index (χ2n) is 6.55. The molecular weight excluding hydrogens is 397 g/mol. The van der Waals surface area contributed by atoms with E-state index >= 15 is 0 Å². The van der Waals surface area contributed by atoms with Crippen LogP contribution in [0, 0.1) is 24.5 Å². The van der Waals surface area contributed by atoms with Crippen LogP contribution in [0.1, 0.15) is 16.8 Å². The molecule has 1 aromatic heterocycles. The number of carbonyl (C=O) groups excluding carboxylic acids is 1. The van der Waals surface area contributed by atoms with Gasteiger partial charge in [0.25, 0.3) is 0 Å². The summed E-state index contributed by atoms with van der Waals surface area (Å²) in [4.78, 5) is 17.1. The van der Waals surface area contributed by atoms with Gasteiger partial charge in [0.2, 0.25) is 11.9 Å². The molecule has 0 spiro atoms. The van der Waals surface area contributed by atoms with E-state index in [0.717, 1.165) is 10.7 Å².